The maximum Gasteiger partial charge on any atom is 0.246 e. The van der Waals surface area contributed by atoms with Gasteiger partial charge >= 0.3 is 0 Å². The average molecular weight is 318 g/mol. The second-order valence-corrected chi connectivity index (χ2v) is 5.88. The van der Waals surface area contributed by atoms with Crippen LogP contribution in [-0.2, 0) is 24.9 Å². The molecule has 2 aromatic rings. The van der Waals surface area contributed by atoms with Crippen molar-refractivity contribution in [3.05, 3.63) is 29.9 Å². The van der Waals surface area contributed by atoms with Gasteiger partial charge in [0.1, 0.15) is 12.4 Å². The first-order valence-electron chi connectivity index (χ1n) is 7.91. The monoisotopic (exact) mass is 318 g/mol. The van der Waals surface area contributed by atoms with E-state index in [9.17, 15) is 4.79 Å². The van der Waals surface area contributed by atoms with Crippen molar-refractivity contribution in [2.24, 2.45) is 7.05 Å². The third kappa shape index (κ3) is 3.76. The number of amides is 1. The zero-order chi connectivity index (χ0) is 16.2. The Kier molecular flexibility index (Phi) is 4.71. The molecule has 0 radical (unpaired) electrons. The first kappa shape index (κ1) is 15.7. The summed E-state index contributed by atoms with van der Waals surface area (Å²) in [5.41, 5.74) is 0. The second kappa shape index (κ2) is 6.91. The van der Waals surface area contributed by atoms with E-state index in [1.807, 2.05) is 17.8 Å². The zero-order valence-corrected chi connectivity index (χ0v) is 13.5. The molecule has 0 bridgehead atoms. The van der Waals surface area contributed by atoms with Gasteiger partial charge in [-0.3, -0.25) is 10.1 Å². The maximum atomic E-state index is 12.7. The van der Waals surface area contributed by atoms with Crippen LogP contribution in [0.2, 0.25) is 0 Å². The molecule has 8 heteroatoms. The number of hydrogen-bond acceptors (Lipinski definition) is 6. The van der Waals surface area contributed by atoms with Gasteiger partial charge in [0.05, 0.1) is 12.6 Å². The summed E-state index contributed by atoms with van der Waals surface area (Å²) in [7, 11) is 1.95. The Morgan fingerprint density at radius 1 is 1.43 bits per heavy atom. The van der Waals surface area contributed by atoms with Gasteiger partial charge in [-0.25, -0.2) is 4.98 Å². The second-order valence-electron chi connectivity index (χ2n) is 5.88. The molecule has 1 atom stereocenters. The Morgan fingerprint density at radius 3 is 3.00 bits per heavy atom. The average Bonchev–Trinajstić information content (AvgIpc) is 3.08. The van der Waals surface area contributed by atoms with Crippen molar-refractivity contribution in [1.82, 2.24) is 29.9 Å². The molecule has 23 heavy (non-hydrogen) atoms. The predicted molar refractivity (Wildman–Crippen MR) is 82.1 cm³/mol. The SMILES string of the molecule is Cc1noc(CN2CCCCC(NCc3nccn3C)C2=O)n1. The van der Waals surface area contributed by atoms with E-state index >= 15 is 0 Å². The highest BCUT2D eigenvalue weighted by atomic mass is 16.5. The summed E-state index contributed by atoms with van der Waals surface area (Å²) >= 11 is 0. The van der Waals surface area contributed by atoms with E-state index in [-0.39, 0.29) is 11.9 Å². The van der Waals surface area contributed by atoms with E-state index in [1.165, 1.54) is 0 Å². The van der Waals surface area contributed by atoms with Gasteiger partial charge in [0.2, 0.25) is 11.8 Å². The Hall–Kier alpha value is -2.22. The minimum atomic E-state index is -0.196. The van der Waals surface area contributed by atoms with Crippen LogP contribution in [0, 0.1) is 6.92 Å². The van der Waals surface area contributed by atoms with Gasteiger partial charge in [0.25, 0.3) is 0 Å². The van der Waals surface area contributed by atoms with E-state index in [4.69, 9.17) is 4.52 Å². The topological polar surface area (TPSA) is 89.1 Å². The Labute approximate surface area is 134 Å². The fourth-order valence-electron chi connectivity index (χ4n) is 2.80. The van der Waals surface area contributed by atoms with Crippen molar-refractivity contribution >= 4 is 5.91 Å². The van der Waals surface area contributed by atoms with E-state index in [1.54, 1.807) is 18.0 Å². The molecule has 1 unspecified atom stereocenters. The van der Waals surface area contributed by atoms with Crippen LogP contribution >= 0.6 is 0 Å². The molecule has 1 aliphatic heterocycles. The summed E-state index contributed by atoms with van der Waals surface area (Å²) in [6, 6.07) is -0.196. The van der Waals surface area contributed by atoms with E-state index < -0.39 is 0 Å². The lowest BCUT2D eigenvalue weighted by Gasteiger charge is -2.23. The number of hydrogen-bond donors (Lipinski definition) is 1. The van der Waals surface area contributed by atoms with Crippen molar-refractivity contribution < 1.29 is 9.32 Å². The van der Waals surface area contributed by atoms with Crippen molar-refractivity contribution in [3.8, 4) is 0 Å². The summed E-state index contributed by atoms with van der Waals surface area (Å²) in [5.74, 6) is 2.08. The molecule has 1 saturated heterocycles. The molecule has 124 valence electrons. The van der Waals surface area contributed by atoms with Gasteiger partial charge in [-0.05, 0) is 26.2 Å². The highest BCUT2D eigenvalue weighted by Crippen LogP contribution is 2.15. The lowest BCUT2D eigenvalue weighted by atomic mass is 10.1. The smallest absolute Gasteiger partial charge is 0.246 e. The Balaban J connectivity index is 1.63. The summed E-state index contributed by atoms with van der Waals surface area (Å²) in [5, 5.41) is 7.11. The number of imidazole rings is 1. The molecular weight excluding hydrogens is 296 g/mol. The van der Waals surface area contributed by atoms with E-state index in [0.717, 1.165) is 31.6 Å². The van der Waals surface area contributed by atoms with Crippen LogP contribution in [0.5, 0.6) is 0 Å². The summed E-state index contributed by atoms with van der Waals surface area (Å²) in [4.78, 5) is 23.0. The molecule has 0 spiro atoms. The maximum absolute atomic E-state index is 12.7. The van der Waals surface area contributed by atoms with Gasteiger partial charge in [0.15, 0.2) is 5.82 Å². The van der Waals surface area contributed by atoms with Gasteiger partial charge in [-0.15, -0.1) is 0 Å². The number of aryl methyl sites for hydroxylation is 2. The van der Waals surface area contributed by atoms with Gasteiger partial charge in [-0.1, -0.05) is 5.16 Å². The molecular formula is C15H22N6O2. The van der Waals surface area contributed by atoms with Crippen LogP contribution in [0.15, 0.2) is 16.9 Å². The van der Waals surface area contributed by atoms with E-state index in [0.29, 0.717) is 24.8 Å². The lowest BCUT2D eigenvalue weighted by molar-refractivity contribution is -0.133. The van der Waals surface area contributed by atoms with Crippen molar-refractivity contribution in [2.75, 3.05) is 6.54 Å². The number of nitrogens with zero attached hydrogens (tertiary/aromatic N) is 5. The fourth-order valence-corrected chi connectivity index (χ4v) is 2.80. The third-order valence-corrected chi connectivity index (χ3v) is 4.10. The largest absolute Gasteiger partial charge is 0.337 e. The van der Waals surface area contributed by atoms with E-state index in [2.05, 4.69) is 20.4 Å². The molecule has 0 aliphatic carbocycles. The Morgan fingerprint density at radius 2 is 2.30 bits per heavy atom. The summed E-state index contributed by atoms with van der Waals surface area (Å²) < 4.78 is 7.09. The van der Waals surface area contributed by atoms with Crippen LogP contribution in [0.3, 0.4) is 0 Å². The van der Waals surface area contributed by atoms with Gasteiger partial charge in [-0.2, -0.15) is 4.98 Å². The molecule has 3 heterocycles. The van der Waals surface area contributed by atoms with Gasteiger partial charge < -0.3 is 14.0 Å². The van der Waals surface area contributed by atoms with Crippen molar-refractivity contribution in [2.45, 2.75) is 45.3 Å². The van der Waals surface area contributed by atoms with Crippen LogP contribution in [0.1, 0.15) is 36.8 Å². The first-order chi connectivity index (χ1) is 11.1. The summed E-state index contributed by atoms with van der Waals surface area (Å²) in [6.45, 7) is 3.45. The first-order valence-corrected chi connectivity index (χ1v) is 7.91. The van der Waals surface area contributed by atoms with Crippen LogP contribution in [0.25, 0.3) is 0 Å². The molecule has 2 aromatic heterocycles. The fraction of sp³-hybridized carbons (Fsp3) is 0.600. The molecule has 1 amide bonds. The molecule has 1 fully saturated rings. The molecule has 0 saturated carbocycles. The molecule has 0 aromatic carbocycles. The van der Waals surface area contributed by atoms with Crippen molar-refractivity contribution in [3.63, 3.8) is 0 Å². The molecule has 8 nitrogen and oxygen atoms in total. The van der Waals surface area contributed by atoms with Crippen LogP contribution in [-0.4, -0.2) is 43.1 Å². The quantitative estimate of drug-likeness (QED) is 0.876. The third-order valence-electron chi connectivity index (χ3n) is 4.10. The van der Waals surface area contributed by atoms with Gasteiger partial charge in [0, 0.05) is 26.0 Å². The molecule has 3 rings (SSSR count). The highest BCUT2D eigenvalue weighted by molar-refractivity contribution is 5.82. The minimum absolute atomic E-state index is 0.0903. The lowest BCUT2D eigenvalue weighted by Crippen LogP contribution is -2.45. The standard InChI is InChI=1S/C15H22N6O2/c1-11-18-14(23-19-11)10-21-7-4-3-5-12(15(21)22)17-9-13-16-6-8-20(13)2/h6,8,12,17H,3-5,7,9-10H2,1-2H3. The number of rotatable bonds is 5. The summed E-state index contributed by atoms with van der Waals surface area (Å²) in [6.07, 6.45) is 6.50. The molecule has 1 aliphatic rings. The van der Waals surface area contributed by atoms with Crippen LogP contribution < -0.4 is 5.32 Å². The number of likely N-dealkylation sites (tertiary alicyclic amines) is 1. The number of carbonyl (C=O) groups excluding carboxylic acids is 1. The normalized spacial score (nSPS) is 19.1. The van der Waals surface area contributed by atoms with Crippen molar-refractivity contribution in [1.29, 1.82) is 0 Å². The zero-order valence-electron chi connectivity index (χ0n) is 13.5. The predicted octanol–water partition coefficient (Wildman–Crippen LogP) is 0.782. The number of carbonyl (C=O) groups is 1. The highest BCUT2D eigenvalue weighted by Gasteiger charge is 2.28. The van der Waals surface area contributed by atoms with Crippen LogP contribution in [0.4, 0.5) is 0 Å². The number of aromatic nitrogens is 4. The number of nitrogens with one attached hydrogen (secondary N) is 1. The Bertz CT molecular complexity index is 664. The molecule has 1 N–H and O–H groups in total. The minimum Gasteiger partial charge on any atom is -0.337 e.